The monoisotopic (exact) mass is 240 g/mol. The summed E-state index contributed by atoms with van der Waals surface area (Å²) in [5.74, 6) is 1.05. The van der Waals surface area contributed by atoms with Crippen molar-refractivity contribution in [2.24, 2.45) is 12.8 Å². The highest BCUT2D eigenvalue weighted by Gasteiger charge is 2.23. The zero-order valence-corrected chi connectivity index (χ0v) is 11.0. The molecule has 1 aromatic rings. The number of carbonyl (C=O) groups excluding carboxylic acids is 1. The van der Waals surface area contributed by atoms with Gasteiger partial charge in [-0.1, -0.05) is 0 Å². The van der Waals surface area contributed by atoms with Crippen LogP contribution >= 0.6 is 0 Å². The number of ether oxygens (including phenoxy) is 1. The van der Waals surface area contributed by atoms with Crippen molar-refractivity contribution >= 4 is 5.97 Å². The maximum atomic E-state index is 11.7. The predicted octanol–water partition coefficient (Wildman–Crippen LogP) is 0.335. The average Bonchev–Trinajstić information content (AvgIpc) is 2.47. The molecule has 1 aromatic heterocycles. The van der Waals surface area contributed by atoms with Crippen LogP contribution in [0.5, 0.6) is 0 Å². The summed E-state index contributed by atoms with van der Waals surface area (Å²) in [4.78, 5) is 11.7. The lowest BCUT2D eigenvalue weighted by Crippen LogP contribution is -2.39. The third-order valence-corrected chi connectivity index (χ3v) is 2.29. The molecular weight excluding hydrogens is 220 g/mol. The van der Waals surface area contributed by atoms with Gasteiger partial charge < -0.3 is 15.0 Å². The normalized spacial score (nSPS) is 13.5. The van der Waals surface area contributed by atoms with Gasteiger partial charge in [-0.2, -0.15) is 0 Å². The lowest BCUT2D eigenvalue weighted by atomic mass is 10.1. The van der Waals surface area contributed by atoms with Crippen LogP contribution in [0.3, 0.4) is 0 Å². The Hall–Kier alpha value is -1.43. The molecule has 0 bridgehead atoms. The van der Waals surface area contributed by atoms with Crippen LogP contribution in [0.4, 0.5) is 0 Å². The van der Waals surface area contributed by atoms with Crippen molar-refractivity contribution < 1.29 is 9.53 Å². The molecule has 1 unspecified atom stereocenters. The quantitative estimate of drug-likeness (QED) is 0.770. The second-order valence-corrected chi connectivity index (χ2v) is 5.07. The van der Waals surface area contributed by atoms with Gasteiger partial charge in [0.05, 0.1) is 0 Å². The number of aromatic nitrogens is 3. The van der Waals surface area contributed by atoms with Crippen molar-refractivity contribution in [1.29, 1.82) is 0 Å². The number of nitrogens with two attached hydrogens (primary N) is 1. The van der Waals surface area contributed by atoms with E-state index in [0.717, 1.165) is 5.82 Å². The van der Waals surface area contributed by atoms with Crippen molar-refractivity contribution in [2.75, 3.05) is 0 Å². The largest absolute Gasteiger partial charge is 0.459 e. The summed E-state index contributed by atoms with van der Waals surface area (Å²) in [7, 11) is 1.84. The minimum Gasteiger partial charge on any atom is -0.459 e. The summed E-state index contributed by atoms with van der Waals surface area (Å²) >= 11 is 0. The average molecular weight is 240 g/mol. The zero-order chi connectivity index (χ0) is 13.2. The SMILES string of the molecule is Cc1nnc(CC(N)C(=O)OC(C)(C)C)n1C. The van der Waals surface area contributed by atoms with Gasteiger partial charge in [-0.3, -0.25) is 4.79 Å². The Morgan fingerprint density at radius 1 is 1.47 bits per heavy atom. The highest BCUT2D eigenvalue weighted by molar-refractivity contribution is 5.76. The molecule has 0 radical (unpaired) electrons. The molecular formula is C11H20N4O2. The summed E-state index contributed by atoms with van der Waals surface area (Å²) in [5, 5.41) is 7.87. The summed E-state index contributed by atoms with van der Waals surface area (Å²) in [5.41, 5.74) is 5.26. The molecule has 6 heteroatoms. The Balaban J connectivity index is 2.63. The second kappa shape index (κ2) is 4.83. The van der Waals surface area contributed by atoms with Crippen molar-refractivity contribution in [3.8, 4) is 0 Å². The summed E-state index contributed by atoms with van der Waals surface area (Å²) < 4.78 is 7.01. The van der Waals surface area contributed by atoms with Crippen molar-refractivity contribution in [2.45, 2.75) is 45.8 Å². The Morgan fingerprint density at radius 3 is 2.47 bits per heavy atom. The third-order valence-electron chi connectivity index (χ3n) is 2.29. The van der Waals surface area contributed by atoms with E-state index in [0.29, 0.717) is 12.2 Å². The number of aryl methyl sites for hydroxylation is 1. The first-order valence-electron chi connectivity index (χ1n) is 5.54. The molecule has 0 saturated carbocycles. The second-order valence-electron chi connectivity index (χ2n) is 5.07. The molecule has 0 aliphatic carbocycles. The van der Waals surface area contributed by atoms with Gasteiger partial charge in [0.1, 0.15) is 23.3 Å². The van der Waals surface area contributed by atoms with Gasteiger partial charge in [0, 0.05) is 13.5 Å². The molecule has 17 heavy (non-hydrogen) atoms. The predicted molar refractivity (Wildman–Crippen MR) is 63.3 cm³/mol. The first-order chi connectivity index (χ1) is 7.70. The van der Waals surface area contributed by atoms with Crippen molar-refractivity contribution in [3.63, 3.8) is 0 Å². The molecule has 0 spiro atoms. The third kappa shape index (κ3) is 3.81. The van der Waals surface area contributed by atoms with Crippen LogP contribution in [-0.2, 0) is 23.0 Å². The van der Waals surface area contributed by atoms with Crippen LogP contribution in [0.1, 0.15) is 32.4 Å². The maximum Gasteiger partial charge on any atom is 0.323 e. The molecule has 0 fully saturated rings. The van der Waals surface area contributed by atoms with E-state index in [9.17, 15) is 4.79 Å². The van der Waals surface area contributed by atoms with Crippen molar-refractivity contribution in [3.05, 3.63) is 11.6 Å². The molecule has 1 heterocycles. The summed E-state index contributed by atoms with van der Waals surface area (Å²) in [6, 6.07) is -0.712. The van der Waals surface area contributed by atoms with Gasteiger partial charge in [0.15, 0.2) is 0 Å². The molecule has 1 atom stereocenters. The van der Waals surface area contributed by atoms with Crippen LogP contribution in [0.2, 0.25) is 0 Å². The molecule has 0 aliphatic rings. The Kier molecular flexibility index (Phi) is 3.87. The highest BCUT2D eigenvalue weighted by atomic mass is 16.6. The summed E-state index contributed by atoms with van der Waals surface area (Å²) in [6.45, 7) is 7.27. The van der Waals surface area contributed by atoms with E-state index in [4.69, 9.17) is 10.5 Å². The maximum absolute atomic E-state index is 11.7. The van der Waals surface area contributed by atoms with E-state index < -0.39 is 17.6 Å². The Labute approximate surface area is 101 Å². The smallest absolute Gasteiger partial charge is 0.323 e. The fraction of sp³-hybridized carbons (Fsp3) is 0.727. The van der Waals surface area contributed by atoms with E-state index in [2.05, 4.69) is 10.2 Å². The van der Waals surface area contributed by atoms with Gasteiger partial charge in [-0.25, -0.2) is 0 Å². The first-order valence-corrected chi connectivity index (χ1v) is 5.54. The Bertz CT molecular complexity index is 406. The number of carbonyl (C=O) groups is 1. The molecule has 0 saturated heterocycles. The molecule has 0 amide bonds. The zero-order valence-electron chi connectivity index (χ0n) is 11.0. The van der Waals surface area contributed by atoms with Gasteiger partial charge >= 0.3 is 5.97 Å². The number of esters is 1. The van der Waals surface area contributed by atoms with E-state index in [1.807, 2.05) is 39.3 Å². The van der Waals surface area contributed by atoms with Gasteiger partial charge in [-0.15, -0.1) is 10.2 Å². The van der Waals surface area contributed by atoms with Gasteiger partial charge in [-0.05, 0) is 27.7 Å². The summed E-state index contributed by atoms with van der Waals surface area (Å²) in [6.07, 6.45) is 0.326. The molecule has 0 aliphatic heterocycles. The van der Waals surface area contributed by atoms with Gasteiger partial charge in [0.25, 0.3) is 0 Å². The Morgan fingerprint density at radius 2 is 2.06 bits per heavy atom. The van der Waals surface area contributed by atoms with Crippen LogP contribution in [0.15, 0.2) is 0 Å². The van der Waals surface area contributed by atoms with Crippen LogP contribution in [0, 0.1) is 6.92 Å². The van der Waals surface area contributed by atoms with E-state index in [1.165, 1.54) is 0 Å². The van der Waals surface area contributed by atoms with E-state index >= 15 is 0 Å². The molecule has 6 nitrogen and oxygen atoms in total. The molecule has 2 N–H and O–H groups in total. The minimum atomic E-state index is -0.712. The standard InChI is InChI=1S/C11H20N4O2/c1-7-13-14-9(15(7)5)6-8(12)10(16)17-11(2,3)4/h8H,6,12H2,1-5H3. The van der Waals surface area contributed by atoms with Crippen LogP contribution in [-0.4, -0.2) is 32.4 Å². The van der Waals surface area contributed by atoms with Crippen LogP contribution in [0.25, 0.3) is 0 Å². The minimum absolute atomic E-state index is 0.326. The number of hydrogen-bond acceptors (Lipinski definition) is 5. The van der Waals surface area contributed by atoms with Crippen molar-refractivity contribution in [1.82, 2.24) is 14.8 Å². The topological polar surface area (TPSA) is 83.0 Å². The fourth-order valence-electron chi connectivity index (χ4n) is 1.29. The number of hydrogen-bond donors (Lipinski definition) is 1. The van der Waals surface area contributed by atoms with Crippen LogP contribution < -0.4 is 5.73 Å². The number of nitrogens with zero attached hydrogens (tertiary/aromatic N) is 3. The molecule has 96 valence electrons. The molecule has 1 rings (SSSR count). The first kappa shape index (κ1) is 13.6. The lowest BCUT2D eigenvalue weighted by Gasteiger charge is -2.21. The molecule has 0 aromatic carbocycles. The van der Waals surface area contributed by atoms with E-state index in [1.54, 1.807) is 0 Å². The van der Waals surface area contributed by atoms with Gasteiger partial charge in [0.2, 0.25) is 0 Å². The highest BCUT2D eigenvalue weighted by Crippen LogP contribution is 2.09. The van der Waals surface area contributed by atoms with E-state index in [-0.39, 0.29) is 0 Å². The number of rotatable bonds is 3. The fourth-order valence-corrected chi connectivity index (χ4v) is 1.29. The lowest BCUT2D eigenvalue weighted by molar-refractivity contribution is -0.156.